The van der Waals surface area contributed by atoms with Crippen LogP contribution in [0.15, 0.2) is 59.4 Å². The lowest BCUT2D eigenvalue weighted by atomic mass is 9.71. The predicted octanol–water partition coefficient (Wildman–Crippen LogP) is 4.68. The summed E-state index contributed by atoms with van der Waals surface area (Å²) in [5.41, 5.74) is 4.53. The minimum atomic E-state index is -0.229. The van der Waals surface area contributed by atoms with E-state index in [0.29, 0.717) is 17.2 Å². The number of fused-ring (bicyclic) bond motifs is 1. The number of aromatic nitrogens is 2. The number of amides is 2. The maximum atomic E-state index is 12.6. The molecule has 154 valence electrons. The van der Waals surface area contributed by atoms with E-state index in [4.69, 9.17) is 0 Å². The molecule has 0 aliphatic heterocycles. The molecule has 0 saturated carbocycles. The molecule has 3 aromatic rings. The predicted molar refractivity (Wildman–Crippen MR) is 119 cm³/mol. The molecule has 3 N–H and O–H groups in total. The molecule has 0 radical (unpaired) electrons. The molecular formula is C24H26N4O2. The first-order chi connectivity index (χ1) is 14.3. The maximum Gasteiger partial charge on any atom is 0.319 e. The number of aromatic amines is 1. The van der Waals surface area contributed by atoms with Crippen molar-refractivity contribution in [2.75, 3.05) is 5.32 Å². The molecule has 1 aliphatic rings. The summed E-state index contributed by atoms with van der Waals surface area (Å²) in [6, 6.07) is 16.9. The van der Waals surface area contributed by atoms with Crippen LogP contribution in [0.5, 0.6) is 0 Å². The molecule has 30 heavy (non-hydrogen) atoms. The van der Waals surface area contributed by atoms with E-state index in [2.05, 4.69) is 52.6 Å². The Morgan fingerprint density at radius 1 is 1.13 bits per heavy atom. The number of urea groups is 1. The summed E-state index contributed by atoms with van der Waals surface area (Å²) in [6.45, 7) is 6.25. The van der Waals surface area contributed by atoms with Crippen LogP contribution in [0.2, 0.25) is 0 Å². The summed E-state index contributed by atoms with van der Waals surface area (Å²) in [5.74, 6) is 0.565. The van der Waals surface area contributed by atoms with Gasteiger partial charge in [-0.15, -0.1) is 0 Å². The van der Waals surface area contributed by atoms with Crippen molar-refractivity contribution in [3.63, 3.8) is 0 Å². The van der Waals surface area contributed by atoms with Crippen molar-refractivity contribution >= 4 is 11.7 Å². The fraction of sp³-hybridized carbons (Fsp3) is 0.292. The van der Waals surface area contributed by atoms with E-state index in [0.717, 1.165) is 18.4 Å². The minimum Gasteiger partial charge on any atom is -0.331 e. The van der Waals surface area contributed by atoms with E-state index < -0.39 is 0 Å². The standard InChI is InChI=1S/C24H26N4O2/c1-15-25-21(14-22(29)26-15)16-8-10-17(11-9-16)27-23(30)28-20-12-13-24(2,3)19-7-5-4-6-18(19)20/h4-11,14,20H,12-13H2,1-3H3,(H,25,26,29)(H2,27,28,30). The summed E-state index contributed by atoms with van der Waals surface area (Å²) in [6.07, 6.45) is 1.93. The third-order valence-electron chi connectivity index (χ3n) is 5.73. The molecule has 0 saturated heterocycles. The molecule has 0 bridgehead atoms. The number of nitrogens with one attached hydrogen (secondary N) is 3. The Hall–Kier alpha value is -3.41. The summed E-state index contributed by atoms with van der Waals surface area (Å²) in [7, 11) is 0. The van der Waals surface area contributed by atoms with Crippen LogP contribution in [0.25, 0.3) is 11.3 Å². The van der Waals surface area contributed by atoms with Crippen LogP contribution in [-0.2, 0) is 5.41 Å². The Bertz CT molecular complexity index is 1130. The van der Waals surface area contributed by atoms with Crippen molar-refractivity contribution in [1.82, 2.24) is 15.3 Å². The highest BCUT2D eigenvalue weighted by atomic mass is 16.2. The molecule has 4 rings (SSSR count). The fourth-order valence-electron chi connectivity index (χ4n) is 4.14. The molecule has 1 atom stereocenters. The number of hydrogen-bond acceptors (Lipinski definition) is 3. The largest absolute Gasteiger partial charge is 0.331 e. The fourth-order valence-corrected chi connectivity index (χ4v) is 4.14. The van der Waals surface area contributed by atoms with Gasteiger partial charge in [-0.1, -0.05) is 50.2 Å². The Morgan fingerprint density at radius 3 is 2.60 bits per heavy atom. The molecule has 1 aliphatic carbocycles. The van der Waals surface area contributed by atoms with Crippen molar-refractivity contribution in [2.45, 2.75) is 45.1 Å². The Kier molecular flexibility index (Phi) is 5.16. The monoisotopic (exact) mass is 402 g/mol. The van der Waals surface area contributed by atoms with Crippen LogP contribution in [-0.4, -0.2) is 16.0 Å². The smallest absolute Gasteiger partial charge is 0.319 e. The van der Waals surface area contributed by atoms with Crippen LogP contribution in [0, 0.1) is 6.92 Å². The van der Waals surface area contributed by atoms with Gasteiger partial charge in [-0.2, -0.15) is 0 Å². The topological polar surface area (TPSA) is 86.9 Å². The van der Waals surface area contributed by atoms with Crippen molar-refractivity contribution in [3.05, 3.63) is 81.9 Å². The van der Waals surface area contributed by atoms with Crippen LogP contribution < -0.4 is 16.2 Å². The lowest BCUT2D eigenvalue weighted by molar-refractivity contribution is 0.245. The first-order valence-electron chi connectivity index (χ1n) is 10.2. The second-order valence-electron chi connectivity index (χ2n) is 8.45. The number of aryl methyl sites for hydroxylation is 1. The number of benzene rings is 2. The number of H-pyrrole nitrogens is 1. The van der Waals surface area contributed by atoms with Gasteiger partial charge >= 0.3 is 6.03 Å². The van der Waals surface area contributed by atoms with Gasteiger partial charge in [0.15, 0.2) is 0 Å². The number of rotatable bonds is 3. The van der Waals surface area contributed by atoms with Crippen molar-refractivity contribution in [2.24, 2.45) is 0 Å². The van der Waals surface area contributed by atoms with E-state index >= 15 is 0 Å². The third kappa shape index (κ3) is 4.13. The van der Waals surface area contributed by atoms with Gasteiger partial charge in [-0.05, 0) is 48.4 Å². The average molecular weight is 402 g/mol. The van der Waals surface area contributed by atoms with Gasteiger partial charge in [-0.3, -0.25) is 4.79 Å². The van der Waals surface area contributed by atoms with Gasteiger partial charge in [0, 0.05) is 17.3 Å². The van der Waals surface area contributed by atoms with Gasteiger partial charge in [0.25, 0.3) is 5.56 Å². The Morgan fingerprint density at radius 2 is 1.87 bits per heavy atom. The second-order valence-corrected chi connectivity index (χ2v) is 8.45. The molecule has 6 nitrogen and oxygen atoms in total. The van der Waals surface area contributed by atoms with Gasteiger partial charge in [-0.25, -0.2) is 9.78 Å². The number of hydrogen-bond donors (Lipinski definition) is 3. The number of carbonyl (C=O) groups is 1. The molecule has 0 spiro atoms. The molecule has 2 aromatic carbocycles. The lowest BCUT2D eigenvalue weighted by Gasteiger charge is -2.37. The molecule has 2 amide bonds. The van der Waals surface area contributed by atoms with Crippen LogP contribution >= 0.6 is 0 Å². The molecule has 1 heterocycles. The highest BCUT2D eigenvalue weighted by molar-refractivity contribution is 5.89. The second kappa shape index (κ2) is 7.78. The summed E-state index contributed by atoms with van der Waals surface area (Å²) < 4.78 is 0. The third-order valence-corrected chi connectivity index (χ3v) is 5.73. The van der Waals surface area contributed by atoms with E-state index in [1.807, 2.05) is 30.3 Å². The average Bonchev–Trinajstić information content (AvgIpc) is 2.70. The summed E-state index contributed by atoms with van der Waals surface area (Å²) in [4.78, 5) is 31.3. The molecular weight excluding hydrogens is 376 g/mol. The molecule has 6 heteroatoms. The van der Waals surface area contributed by atoms with Gasteiger partial charge in [0.05, 0.1) is 11.7 Å². The van der Waals surface area contributed by atoms with Gasteiger partial charge < -0.3 is 15.6 Å². The lowest BCUT2D eigenvalue weighted by Crippen LogP contribution is -2.37. The zero-order valence-electron chi connectivity index (χ0n) is 17.5. The number of carbonyl (C=O) groups excluding carboxylic acids is 1. The first-order valence-corrected chi connectivity index (χ1v) is 10.2. The van der Waals surface area contributed by atoms with E-state index in [1.165, 1.54) is 17.2 Å². The SMILES string of the molecule is Cc1nc(-c2ccc(NC(=O)NC3CCC(C)(C)c4ccccc43)cc2)cc(=O)[nH]1. The minimum absolute atomic E-state index is 0.00304. The van der Waals surface area contributed by atoms with E-state index in [-0.39, 0.29) is 23.0 Å². The maximum absolute atomic E-state index is 12.6. The highest BCUT2D eigenvalue weighted by Gasteiger charge is 2.32. The number of nitrogens with zero attached hydrogens (tertiary/aromatic N) is 1. The van der Waals surface area contributed by atoms with Crippen molar-refractivity contribution in [3.8, 4) is 11.3 Å². The van der Waals surface area contributed by atoms with Gasteiger partial charge in [0.1, 0.15) is 5.82 Å². The Labute approximate surface area is 175 Å². The zero-order valence-corrected chi connectivity index (χ0v) is 17.5. The van der Waals surface area contributed by atoms with E-state index in [1.54, 1.807) is 6.92 Å². The molecule has 0 fully saturated rings. The first kappa shape index (κ1) is 19.9. The molecule has 1 unspecified atom stereocenters. The Balaban J connectivity index is 1.45. The summed E-state index contributed by atoms with van der Waals surface area (Å²) >= 11 is 0. The van der Waals surface area contributed by atoms with Crippen molar-refractivity contribution < 1.29 is 4.79 Å². The zero-order chi connectivity index (χ0) is 21.3. The van der Waals surface area contributed by atoms with Gasteiger partial charge in [0.2, 0.25) is 0 Å². The van der Waals surface area contributed by atoms with Crippen LogP contribution in [0.1, 0.15) is 49.7 Å². The highest BCUT2D eigenvalue weighted by Crippen LogP contribution is 2.41. The molecule has 1 aromatic heterocycles. The van der Waals surface area contributed by atoms with E-state index in [9.17, 15) is 9.59 Å². The van der Waals surface area contributed by atoms with Crippen LogP contribution in [0.3, 0.4) is 0 Å². The van der Waals surface area contributed by atoms with Crippen molar-refractivity contribution in [1.29, 1.82) is 0 Å². The quantitative estimate of drug-likeness (QED) is 0.594. The number of anilines is 1. The summed E-state index contributed by atoms with van der Waals surface area (Å²) in [5, 5.41) is 6.02. The van der Waals surface area contributed by atoms with Crippen LogP contribution in [0.4, 0.5) is 10.5 Å². The normalized spacial score (nSPS) is 17.1.